The molecular weight excluding hydrogens is 218 g/mol. The van der Waals surface area contributed by atoms with E-state index in [1.807, 2.05) is 19.9 Å². The van der Waals surface area contributed by atoms with Crippen LogP contribution < -0.4 is 11.2 Å². The third-order valence-electron chi connectivity index (χ3n) is 2.70. The number of hydrogen-bond acceptors (Lipinski definition) is 3. The Kier molecular flexibility index (Phi) is 2.58. The molecule has 2 N–H and O–H groups in total. The Morgan fingerprint density at radius 3 is 2.71 bits per heavy atom. The highest BCUT2D eigenvalue weighted by atomic mass is 19.1. The Bertz CT molecular complexity index is 640. The van der Waals surface area contributed by atoms with Crippen molar-refractivity contribution in [2.45, 2.75) is 19.8 Å². The van der Waals surface area contributed by atoms with E-state index < -0.39 is 5.82 Å². The highest BCUT2D eigenvalue weighted by molar-refractivity contribution is 6.34. The molecule has 17 heavy (non-hydrogen) atoms. The third-order valence-corrected chi connectivity index (χ3v) is 2.70. The normalized spacial score (nSPS) is 11.0. The molecule has 0 fully saturated rings. The Morgan fingerprint density at radius 2 is 2.18 bits per heavy atom. The van der Waals surface area contributed by atoms with Crippen LogP contribution in [0.5, 0.6) is 0 Å². The van der Waals surface area contributed by atoms with Crippen LogP contribution in [0.4, 0.5) is 10.3 Å². The number of fused-ring (bicyclic) bond motifs is 1. The second kappa shape index (κ2) is 3.81. The lowest BCUT2D eigenvalue weighted by Crippen LogP contribution is -2.13. The molecule has 2 aromatic rings. The first-order valence-electron chi connectivity index (χ1n) is 5.17. The average Bonchev–Trinajstić information content (AvgIpc) is 2.54. The van der Waals surface area contributed by atoms with Crippen LogP contribution in [0.2, 0.25) is 0 Å². The minimum Gasteiger partial charge on any atom is -0.436 e. The van der Waals surface area contributed by atoms with Gasteiger partial charge in [-0.3, -0.25) is 0 Å². The molecule has 0 unspecified atom stereocenters. The second-order valence-corrected chi connectivity index (χ2v) is 4.17. The van der Waals surface area contributed by atoms with Gasteiger partial charge in [0.05, 0.1) is 0 Å². The van der Waals surface area contributed by atoms with Gasteiger partial charge < -0.3 is 10.2 Å². The number of halogens is 1. The van der Waals surface area contributed by atoms with Gasteiger partial charge in [0.1, 0.15) is 19.5 Å². The van der Waals surface area contributed by atoms with E-state index in [1.165, 1.54) is 6.07 Å². The van der Waals surface area contributed by atoms with E-state index in [-0.39, 0.29) is 22.9 Å². The largest absolute Gasteiger partial charge is 0.436 e. The molecule has 84 valence electrons. The molecule has 0 spiro atoms. The summed E-state index contributed by atoms with van der Waals surface area (Å²) < 4.78 is 18.8. The van der Waals surface area contributed by atoms with Crippen molar-refractivity contribution in [3.63, 3.8) is 0 Å². The van der Waals surface area contributed by atoms with Crippen molar-refractivity contribution in [1.82, 2.24) is 0 Å². The Morgan fingerprint density at radius 1 is 1.53 bits per heavy atom. The number of anilines is 1. The highest BCUT2D eigenvalue weighted by Gasteiger charge is 2.21. The number of benzene rings is 1. The number of nitriles is 1. The summed E-state index contributed by atoms with van der Waals surface area (Å²) in [7, 11) is 5.79. The van der Waals surface area contributed by atoms with Crippen LogP contribution in [0.15, 0.2) is 10.5 Å². The van der Waals surface area contributed by atoms with Crippen molar-refractivity contribution in [2.24, 2.45) is 0 Å². The van der Waals surface area contributed by atoms with E-state index in [0.29, 0.717) is 16.4 Å². The highest BCUT2D eigenvalue weighted by Crippen LogP contribution is 2.34. The van der Waals surface area contributed by atoms with Crippen LogP contribution in [-0.4, -0.2) is 7.85 Å². The van der Waals surface area contributed by atoms with E-state index >= 15 is 0 Å². The zero-order valence-corrected chi connectivity index (χ0v) is 9.54. The standard InChI is InChI=1S/C12H10BFN2O/c1-5(2)9-7(13)3-8(14)11-10(9)6(4-15)12(16)17-11/h3,5H,16H2,1-2H3. The second-order valence-electron chi connectivity index (χ2n) is 4.17. The zero-order chi connectivity index (χ0) is 12.7. The number of nitrogen functional groups attached to an aromatic ring is 1. The summed E-state index contributed by atoms with van der Waals surface area (Å²) in [6.45, 7) is 3.82. The van der Waals surface area contributed by atoms with Crippen LogP contribution in [0.25, 0.3) is 11.0 Å². The fourth-order valence-electron chi connectivity index (χ4n) is 2.03. The Balaban J connectivity index is 3.03. The molecule has 1 aromatic carbocycles. The molecule has 0 bridgehead atoms. The van der Waals surface area contributed by atoms with Crippen molar-refractivity contribution in [2.75, 3.05) is 5.73 Å². The fraction of sp³-hybridized carbons (Fsp3) is 0.250. The lowest BCUT2D eigenvalue weighted by molar-refractivity contribution is 0.571. The van der Waals surface area contributed by atoms with Crippen molar-refractivity contribution in [3.05, 3.63) is 23.0 Å². The summed E-state index contributed by atoms with van der Waals surface area (Å²) in [5, 5.41) is 9.43. The maximum Gasteiger partial charge on any atom is 0.209 e. The molecular formula is C12H10BFN2O. The summed E-state index contributed by atoms with van der Waals surface area (Å²) in [6, 6.07) is 3.12. The Labute approximate surface area is 99.4 Å². The first-order chi connectivity index (χ1) is 7.97. The molecule has 2 rings (SSSR count). The quantitative estimate of drug-likeness (QED) is 0.758. The fourth-order valence-corrected chi connectivity index (χ4v) is 2.03. The maximum absolute atomic E-state index is 13.7. The van der Waals surface area contributed by atoms with Gasteiger partial charge in [-0.15, -0.1) is 0 Å². The molecule has 0 saturated heterocycles. The lowest BCUT2D eigenvalue weighted by atomic mass is 9.82. The van der Waals surface area contributed by atoms with Crippen LogP contribution in [0.3, 0.4) is 0 Å². The number of hydrogen-bond donors (Lipinski definition) is 1. The lowest BCUT2D eigenvalue weighted by Gasteiger charge is -2.11. The number of rotatable bonds is 1. The van der Waals surface area contributed by atoms with Crippen molar-refractivity contribution in [1.29, 1.82) is 5.26 Å². The van der Waals surface area contributed by atoms with Gasteiger partial charge in [0, 0.05) is 5.39 Å². The molecule has 0 amide bonds. The minimum atomic E-state index is -0.602. The minimum absolute atomic E-state index is 0.00282. The van der Waals surface area contributed by atoms with E-state index in [9.17, 15) is 4.39 Å². The van der Waals surface area contributed by atoms with Gasteiger partial charge in [-0.25, -0.2) is 4.39 Å². The summed E-state index contributed by atoms with van der Waals surface area (Å²) in [5.41, 5.74) is 6.70. The first-order valence-corrected chi connectivity index (χ1v) is 5.17. The van der Waals surface area contributed by atoms with Crippen LogP contribution in [0, 0.1) is 17.1 Å². The third kappa shape index (κ3) is 1.57. The summed E-state index contributed by atoms with van der Waals surface area (Å²) in [5.74, 6) is -0.633. The molecule has 0 saturated carbocycles. The van der Waals surface area contributed by atoms with Crippen LogP contribution >= 0.6 is 0 Å². The van der Waals surface area contributed by atoms with Gasteiger partial charge in [0.15, 0.2) is 11.4 Å². The average molecular weight is 228 g/mol. The van der Waals surface area contributed by atoms with Crippen LogP contribution in [-0.2, 0) is 0 Å². The summed E-state index contributed by atoms with van der Waals surface area (Å²) in [6.07, 6.45) is 0. The molecule has 1 aromatic heterocycles. The topological polar surface area (TPSA) is 62.9 Å². The molecule has 0 aliphatic carbocycles. The molecule has 0 aliphatic rings. The van der Waals surface area contributed by atoms with Gasteiger partial charge in [-0.2, -0.15) is 5.26 Å². The van der Waals surface area contributed by atoms with Crippen molar-refractivity contribution < 1.29 is 8.81 Å². The molecule has 2 radical (unpaired) electrons. The van der Waals surface area contributed by atoms with E-state index in [0.717, 1.165) is 0 Å². The smallest absolute Gasteiger partial charge is 0.209 e. The predicted molar refractivity (Wildman–Crippen MR) is 64.8 cm³/mol. The summed E-state index contributed by atoms with van der Waals surface area (Å²) >= 11 is 0. The molecule has 0 aliphatic heterocycles. The molecule has 5 heteroatoms. The first kappa shape index (κ1) is 11.5. The zero-order valence-electron chi connectivity index (χ0n) is 9.54. The van der Waals surface area contributed by atoms with E-state index in [1.54, 1.807) is 0 Å². The molecule has 1 heterocycles. The Hall–Kier alpha value is -1.96. The van der Waals surface area contributed by atoms with Crippen molar-refractivity contribution in [3.8, 4) is 6.07 Å². The van der Waals surface area contributed by atoms with Gasteiger partial charge >= 0.3 is 0 Å². The van der Waals surface area contributed by atoms with E-state index in [2.05, 4.69) is 0 Å². The summed E-state index contributed by atoms with van der Waals surface area (Å²) in [4.78, 5) is 0. The number of nitrogens with zero attached hydrogens (tertiary/aromatic N) is 1. The predicted octanol–water partition coefficient (Wildman–Crippen LogP) is 1.94. The van der Waals surface area contributed by atoms with Crippen molar-refractivity contribution >= 4 is 30.2 Å². The van der Waals surface area contributed by atoms with E-state index in [4.69, 9.17) is 23.3 Å². The maximum atomic E-state index is 13.7. The molecule has 0 atom stereocenters. The van der Waals surface area contributed by atoms with Gasteiger partial charge in [0.2, 0.25) is 5.88 Å². The molecule has 3 nitrogen and oxygen atoms in total. The SMILES string of the molecule is [B]c1cc(F)c2oc(N)c(C#N)c2c1C(C)C. The monoisotopic (exact) mass is 228 g/mol. The number of furan rings is 1. The van der Waals surface area contributed by atoms with Gasteiger partial charge in [0.25, 0.3) is 0 Å². The van der Waals surface area contributed by atoms with Gasteiger partial charge in [-0.05, 0) is 17.5 Å². The number of nitrogens with two attached hydrogens (primary N) is 1. The van der Waals surface area contributed by atoms with Gasteiger partial charge in [-0.1, -0.05) is 19.3 Å². The van der Waals surface area contributed by atoms with Crippen LogP contribution in [0.1, 0.15) is 30.9 Å².